The molecule has 0 heterocycles. The van der Waals surface area contributed by atoms with Crippen LogP contribution < -0.4 is 14.8 Å². The smallest absolute Gasteiger partial charge is 0.240 e. The third kappa shape index (κ3) is 5.03. The zero-order chi connectivity index (χ0) is 19.3. The summed E-state index contributed by atoms with van der Waals surface area (Å²) in [4.78, 5) is 12.1. The SMILES string of the molecule is COc1ccc(NC(=O)CCNS(=O)(=O)c2cc(C)ccc2C)cc1F. The third-order valence-electron chi connectivity index (χ3n) is 3.71. The van der Waals surface area contributed by atoms with Crippen molar-refractivity contribution in [3.05, 3.63) is 53.3 Å². The molecule has 2 rings (SSSR count). The van der Waals surface area contributed by atoms with Crippen LogP contribution in [0.2, 0.25) is 0 Å². The standard InChI is InChI=1S/C18H21FN2O4S/c1-12-4-5-13(2)17(10-12)26(23,24)20-9-8-18(22)21-14-6-7-16(25-3)15(19)11-14/h4-7,10-11,20H,8-9H2,1-3H3,(H,21,22). The van der Waals surface area contributed by atoms with Gasteiger partial charge in [0, 0.05) is 24.7 Å². The lowest BCUT2D eigenvalue weighted by Crippen LogP contribution is -2.28. The first-order valence-corrected chi connectivity index (χ1v) is 9.41. The normalized spacial score (nSPS) is 11.2. The lowest BCUT2D eigenvalue weighted by atomic mass is 10.2. The molecule has 2 aromatic carbocycles. The molecule has 0 aliphatic rings. The van der Waals surface area contributed by atoms with Gasteiger partial charge in [-0.1, -0.05) is 12.1 Å². The molecule has 2 N–H and O–H groups in total. The van der Waals surface area contributed by atoms with E-state index in [0.29, 0.717) is 5.56 Å². The van der Waals surface area contributed by atoms with Gasteiger partial charge in [-0.15, -0.1) is 0 Å². The van der Waals surface area contributed by atoms with Crippen LogP contribution in [0.25, 0.3) is 0 Å². The van der Waals surface area contributed by atoms with Gasteiger partial charge in [0.1, 0.15) is 0 Å². The maximum absolute atomic E-state index is 13.6. The van der Waals surface area contributed by atoms with E-state index in [1.165, 1.54) is 19.2 Å². The summed E-state index contributed by atoms with van der Waals surface area (Å²) in [5, 5.41) is 2.51. The van der Waals surface area contributed by atoms with Crippen molar-refractivity contribution in [3.8, 4) is 5.75 Å². The Kier molecular flexibility index (Phi) is 6.33. The highest BCUT2D eigenvalue weighted by molar-refractivity contribution is 7.89. The lowest BCUT2D eigenvalue weighted by Gasteiger charge is -2.11. The van der Waals surface area contributed by atoms with Gasteiger partial charge in [0.25, 0.3) is 0 Å². The number of anilines is 1. The summed E-state index contributed by atoms with van der Waals surface area (Å²) in [6.45, 7) is 3.44. The Morgan fingerprint density at radius 1 is 1.15 bits per heavy atom. The number of amides is 1. The average molecular weight is 380 g/mol. The Morgan fingerprint density at radius 2 is 1.88 bits per heavy atom. The van der Waals surface area contributed by atoms with E-state index in [-0.39, 0.29) is 29.3 Å². The van der Waals surface area contributed by atoms with Crippen LogP contribution in [0.5, 0.6) is 5.75 Å². The molecular weight excluding hydrogens is 359 g/mol. The molecule has 1 amide bonds. The summed E-state index contributed by atoms with van der Waals surface area (Å²) in [7, 11) is -2.36. The number of benzene rings is 2. The highest BCUT2D eigenvalue weighted by atomic mass is 32.2. The first kappa shape index (κ1) is 19.9. The molecule has 2 aromatic rings. The second kappa shape index (κ2) is 8.29. The van der Waals surface area contributed by atoms with Crippen molar-refractivity contribution in [3.63, 3.8) is 0 Å². The second-order valence-corrected chi connectivity index (χ2v) is 7.55. The fourth-order valence-corrected chi connectivity index (χ4v) is 3.70. The molecule has 0 fully saturated rings. The molecule has 0 atom stereocenters. The van der Waals surface area contributed by atoms with Gasteiger partial charge < -0.3 is 10.1 Å². The number of aryl methyl sites for hydroxylation is 2. The van der Waals surface area contributed by atoms with E-state index in [9.17, 15) is 17.6 Å². The number of carbonyl (C=O) groups excluding carboxylic acids is 1. The van der Waals surface area contributed by atoms with Crippen molar-refractivity contribution in [1.29, 1.82) is 0 Å². The summed E-state index contributed by atoms with van der Waals surface area (Å²) in [5.74, 6) is -0.955. The summed E-state index contributed by atoms with van der Waals surface area (Å²) >= 11 is 0. The summed E-state index contributed by atoms with van der Waals surface area (Å²) < 4.78 is 45.5. The predicted octanol–water partition coefficient (Wildman–Crippen LogP) is 2.76. The predicted molar refractivity (Wildman–Crippen MR) is 97.3 cm³/mol. The van der Waals surface area contributed by atoms with E-state index in [1.54, 1.807) is 26.0 Å². The van der Waals surface area contributed by atoms with Crippen LogP contribution in [0.15, 0.2) is 41.3 Å². The number of sulfonamides is 1. The molecule has 0 spiro atoms. The molecule has 6 nitrogen and oxygen atoms in total. The van der Waals surface area contributed by atoms with E-state index in [4.69, 9.17) is 4.74 Å². The zero-order valence-corrected chi connectivity index (χ0v) is 15.6. The van der Waals surface area contributed by atoms with Crippen LogP contribution in [0.1, 0.15) is 17.5 Å². The van der Waals surface area contributed by atoms with E-state index in [1.807, 2.05) is 6.07 Å². The van der Waals surface area contributed by atoms with Crippen molar-refractivity contribution in [1.82, 2.24) is 4.72 Å². The number of methoxy groups -OCH3 is 1. The quantitative estimate of drug-likeness (QED) is 0.774. The topological polar surface area (TPSA) is 84.5 Å². The Morgan fingerprint density at radius 3 is 2.54 bits per heavy atom. The molecular formula is C18H21FN2O4S. The molecule has 0 bridgehead atoms. The van der Waals surface area contributed by atoms with Crippen LogP contribution in [0, 0.1) is 19.7 Å². The minimum atomic E-state index is -3.70. The Labute approximate surface area is 152 Å². The number of hydrogen-bond acceptors (Lipinski definition) is 4. The first-order chi connectivity index (χ1) is 12.2. The highest BCUT2D eigenvalue weighted by Crippen LogP contribution is 2.20. The summed E-state index contributed by atoms with van der Waals surface area (Å²) in [6, 6.07) is 9.17. The van der Waals surface area contributed by atoms with E-state index < -0.39 is 21.7 Å². The Balaban J connectivity index is 1.93. The number of carbonyl (C=O) groups is 1. The van der Waals surface area contributed by atoms with E-state index in [2.05, 4.69) is 10.0 Å². The maximum Gasteiger partial charge on any atom is 0.240 e. The van der Waals surface area contributed by atoms with Gasteiger partial charge in [-0.3, -0.25) is 4.79 Å². The van der Waals surface area contributed by atoms with Crippen LogP contribution in [-0.4, -0.2) is 28.0 Å². The highest BCUT2D eigenvalue weighted by Gasteiger charge is 2.17. The van der Waals surface area contributed by atoms with Crippen LogP contribution in [0.3, 0.4) is 0 Å². The summed E-state index contributed by atoms with van der Waals surface area (Å²) in [6.07, 6.45) is -0.0856. The minimum Gasteiger partial charge on any atom is -0.494 e. The molecule has 8 heteroatoms. The van der Waals surface area contributed by atoms with Crippen molar-refractivity contribution in [2.45, 2.75) is 25.2 Å². The van der Waals surface area contributed by atoms with Crippen molar-refractivity contribution in [2.75, 3.05) is 19.0 Å². The van der Waals surface area contributed by atoms with Crippen molar-refractivity contribution in [2.24, 2.45) is 0 Å². The summed E-state index contributed by atoms with van der Waals surface area (Å²) in [5.41, 5.74) is 1.72. The fourth-order valence-electron chi connectivity index (χ4n) is 2.34. The molecule has 26 heavy (non-hydrogen) atoms. The van der Waals surface area contributed by atoms with E-state index >= 15 is 0 Å². The molecule has 140 valence electrons. The third-order valence-corrected chi connectivity index (χ3v) is 5.32. The van der Waals surface area contributed by atoms with Crippen molar-refractivity contribution < 1.29 is 22.3 Å². The molecule has 0 aromatic heterocycles. The van der Waals surface area contributed by atoms with Gasteiger partial charge in [0.15, 0.2) is 11.6 Å². The van der Waals surface area contributed by atoms with Crippen LogP contribution in [-0.2, 0) is 14.8 Å². The number of hydrogen-bond donors (Lipinski definition) is 2. The zero-order valence-electron chi connectivity index (χ0n) is 14.8. The van der Waals surface area contributed by atoms with Gasteiger partial charge in [-0.2, -0.15) is 0 Å². The number of rotatable bonds is 7. The average Bonchev–Trinajstić information content (AvgIpc) is 2.57. The van der Waals surface area contributed by atoms with Gasteiger partial charge in [-0.25, -0.2) is 17.5 Å². The van der Waals surface area contributed by atoms with Gasteiger partial charge >= 0.3 is 0 Å². The maximum atomic E-state index is 13.6. The Bertz CT molecular complexity index is 913. The van der Waals surface area contributed by atoms with Gasteiger partial charge in [-0.05, 0) is 43.2 Å². The largest absolute Gasteiger partial charge is 0.494 e. The lowest BCUT2D eigenvalue weighted by molar-refractivity contribution is -0.116. The Hall–Kier alpha value is -2.45. The first-order valence-electron chi connectivity index (χ1n) is 7.93. The van der Waals surface area contributed by atoms with Crippen LogP contribution in [0.4, 0.5) is 10.1 Å². The monoisotopic (exact) mass is 380 g/mol. The molecule has 0 saturated carbocycles. The number of ether oxygens (including phenoxy) is 1. The fraction of sp³-hybridized carbons (Fsp3) is 0.278. The molecule has 0 unspecified atom stereocenters. The molecule has 0 saturated heterocycles. The van der Waals surface area contributed by atoms with Crippen molar-refractivity contribution >= 4 is 21.6 Å². The number of nitrogens with one attached hydrogen (secondary N) is 2. The van der Waals surface area contributed by atoms with Crippen LogP contribution >= 0.6 is 0 Å². The minimum absolute atomic E-state index is 0.0693. The van der Waals surface area contributed by atoms with Gasteiger partial charge in [0.2, 0.25) is 15.9 Å². The molecule has 0 aliphatic carbocycles. The van der Waals surface area contributed by atoms with E-state index in [0.717, 1.165) is 11.6 Å². The second-order valence-electron chi connectivity index (χ2n) is 5.81. The number of halogens is 1. The molecule has 0 aliphatic heterocycles. The molecule has 0 radical (unpaired) electrons. The van der Waals surface area contributed by atoms with Gasteiger partial charge in [0.05, 0.1) is 12.0 Å².